The summed E-state index contributed by atoms with van der Waals surface area (Å²) in [6.45, 7) is 9.80. The second-order valence-corrected chi connectivity index (χ2v) is 10.6. The lowest BCUT2D eigenvalue weighted by atomic mass is 9.97. The number of rotatable bonds is 7. The summed E-state index contributed by atoms with van der Waals surface area (Å²) in [5.41, 5.74) is -3.07. The summed E-state index contributed by atoms with van der Waals surface area (Å²) in [7, 11) is -2.30. The Labute approximate surface area is 180 Å². The van der Waals surface area contributed by atoms with E-state index in [9.17, 15) is 23.7 Å². The first kappa shape index (κ1) is 25.8. The summed E-state index contributed by atoms with van der Waals surface area (Å²) in [5.74, 6) is -1.31. The van der Waals surface area contributed by atoms with Gasteiger partial charge in [-0.25, -0.2) is 4.79 Å². The van der Waals surface area contributed by atoms with Crippen LogP contribution in [0.25, 0.3) is 0 Å². The minimum absolute atomic E-state index is 0.0622. The summed E-state index contributed by atoms with van der Waals surface area (Å²) in [6, 6.07) is -1.53. The van der Waals surface area contributed by atoms with Crippen LogP contribution in [0, 0.1) is 10.8 Å². The molecule has 11 heteroatoms. The first-order valence-electron chi connectivity index (χ1n) is 9.13. The number of carbonyl (C=O) groups excluding carboxylic acids is 2. The molecule has 0 aliphatic rings. The fourth-order valence-corrected chi connectivity index (χ4v) is 2.87. The average Bonchev–Trinajstić information content (AvgIpc) is 2.60. The van der Waals surface area contributed by atoms with E-state index in [0.717, 1.165) is 4.57 Å². The maximum atomic E-state index is 12.7. The lowest BCUT2D eigenvalue weighted by molar-refractivity contribution is -0.184. The van der Waals surface area contributed by atoms with Gasteiger partial charge in [-0.05, 0) is 47.6 Å². The number of allylic oxidation sites excluding steroid dienone is 2. The summed E-state index contributed by atoms with van der Waals surface area (Å²) in [6.07, 6.45) is 4.14. The number of halogens is 1. The van der Waals surface area contributed by atoms with Crippen LogP contribution in [0.3, 0.4) is 0 Å². The van der Waals surface area contributed by atoms with Crippen molar-refractivity contribution in [3.63, 3.8) is 0 Å². The standard InChI is InChI=1S/C19H26ClN2O7P/c1-18(2,3)14(24)28-17(29-15(25)19(4,5)6)30(27)10-8-7-9-22-11-12(20)13(23)21-16(22)26/h7-8,11,17H,9-10H2,1-6H3/p+1/b8-7+. The average molecular weight is 462 g/mol. The quantitative estimate of drug-likeness (QED) is 0.286. The van der Waals surface area contributed by atoms with Crippen molar-refractivity contribution in [2.24, 2.45) is 10.8 Å². The number of hydrogen-bond acceptors (Lipinski definition) is 7. The van der Waals surface area contributed by atoms with Crippen molar-refractivity contribution in [3.8, 4) is 0 Å². The highest BCUT2D eigenvalue weighted by molar-refractivity contribution is 7.45. The predicted molar refractivity (Wildman–Crippen MR) is 113 cm³/mol. The molecule has 0 aliphatic heterocycles. The van der Waals surface area contributed by atoms with Crippen molar-refractivity contribution in [1.29, 1.82) is 0 Å². The van der Waals surface area contributed by atoms with E-state index in [1.165, 1.54) is 18.3 Å². The van der Waals surface area contributed by atoms with E-state index >= 15 is 0 Å². The van der Waals surface area contributed by atoms with Gasteiger partial charge in [0.1, 0.15) is 5.02 Å². The molecular formula is C19H27ClN2O7P+. The largest absolute Gasteiger partial charge is 0.451 e. The molecule has 1 unspecified atom stereocenters. The molecule has 1 rings (SSSR count). The molecule has 0 radical (unpaired) electrons. The van der Waals surface area contributed by atoms with Gasteiger partial charge in [0.15, 0.2) is 6.16 Å². The third kappa shape index (κ3) is 7.88. The molecule has 0 aromatic carbocycles. The maximum absolute atomic E-state index is 12.7. The lowest BCUT2D eigenvalue weighted by Gasteiger charge is -2.21. The number of carbonyl (C=O) groups is 2. The number of nitrogens with one attached hydrogen (secondary N) is 1. The Morgan fingerprint density at radius 3 is 2.07 bits per heavy atom. The first-order valence-corrected chi connectivity index (χ1v) is 11.0. The van der Waals surface area contributed by atoms with Gasteiger partial charge in [-0.1, -0.05) is 22.2 Å². The summed E-state index contributed by atoms with van der Waals surface area (Å²) < 4.78 is 24.2. The van der Waals surface area contributed by atoms with Gasteiger partial charge < -0.3 is 9.47 Å². The van der Waals surface area contributed by atoms with E-state index in [-0.39, 0.29) is 17.7 Å². The molecule has 0 spiro atoms. The fourth-order valence-electron chi connectivity index (χ4n) is 1.75. The second-order valence-electron chi connectivity index (χ2n) is 8.58. The maximum Gasteiger partial charge on any atom is 0.451 e. The van der Waals surface area contributed by atoms with Crippen molar-refractivity contribution >= 4 is 31.3 Å². The number of esters is 2. The van der Waals surface area contributed by atoms with Crippen molar-refractivity contribution in [2.45, 2.75) is 54.1 Å². The van der Waals surface area contributed by atoms with Crippen LogP contribution in [-0.2, 0) is 30.2 Å². The van der Waals surface area contributed by atoms with Gasteiger partial charge in [0.05, 0.1) is 10.8 Å². The molecule has 1 N–H and O–H groups in total. The molecule has 9 nitrogen and oxygen atoms in total. The number of aromatic amines is 1. The van der Waals surface area contributed by atoms with E-state index in [4.69, 9.17) is 21.1 Å². The van der Waals surface area contributed by atoms with Crippen LogP contribution in [0.2, 0.25) is 5.02 Å². The Kier molecular flexibility index (Phi) is 8.75. The number of ether oxygens (including phenoxy) is 2. The molecule has 0 saturated carbocycles. The van der Waals surface area contributed by atoms with Crippen LogP contribution in [0.15, 0.2) is 27.9 Å². The molecule has 30 heavy (non-hydrogen) atoms. The van der Waals surface area contributed by atoms with Crippen molar-refractivity contribution in [3.05, 3.63) is 44.2 Å². The molecule has 0 fully saturated rings. The molecule has 1 aromatic heterocycles. The highest BCUT2D eigenvalue weighted by atomic mass is 35.5. The van der Waals surface area contributed by atoms with E-state index < -0.39 is 47.8 Å². The summed E-state index contributed by atoms with van der Waals surface area (Å²) >= 11 is 5.69. The number of nitrogens with zero attached hydrogens (tertiary/aromatic N) is 1. The topological polar surface area (TPSA) is 125 Å². The zero-order valence-electron chi connectivity index (χ0n) is 17.9. The smallest absolute Gasteiger partial charge is 0.384 e. The van der Waals surface area contributed by atoms with Crippen molar-refractivity contribution < 1.29 is 23.6 Å². The van der Waals surface area contributed by atoms with Gasteiger partial charge in [-0.3, -0.25) is 23.9 Å². The van der Waals surface area contributed by atoms with Gasteiger partial charge in [0.25, 0.3) is 5.56 Å². The summed E-state index contributed by atoms with van der Waals surface area (Å²) in [5, 5.41) is -0.141. The minimum atomic E-state index is -2.30. The molecule has 0 bridgehead atoms. The second kappa shape index (κ2) is 10.2. The van der Waals surface area contributed by atoms with Crippen LogP contribution >= 0.6 is 19.4 Å². The molecule has 1 aromatic rings. The number of aromatic nitrogens is 2. The lowest BCUT2D eigenvalue weighted by Crippen LogP contribution is -2.33. The van der Waals surface area contributed by atoms with Gasteiger partial charge in [-0.15, -0.1) is 0 Å². The molecule has 1 atom stereocenters. The predicted octanol–water partition coefficient (Wildman–Crippen LogP) is 3.04. The molecule has 0 saturated heterocycles. The molecular weight excluding hydrogens is 435 g/mol. The van der Waals surface area contributed by atoms with Crippen LogP contribution in [-0.4, -0.2) is 33.7 Å². The third-order valence-corrected chi connectivity index (χ3v) is 5.12. The van der Waals surface area contributed by atoms with Crippen molar-refractivity contribution in [2.75, 3.05) is 6.16 Å². The Morgan fingerprint density at radius 1 is 1.10 bits per heavy atom. The van der Waals surface area contributed by atoms with E-state index in [0.29, 0.717) is 0 Å². The molecule has 0 amide bonds. The molecule has 166 valence electrons. The van der Waals surface area contributed by atoms with Gasteiger partial charge in [0.2, 0.25) is 0 Å². The molecule has 0 aliphatic carbocycles. The van der Waals surface area contributed by atoms with Gasteiger partial charge >= 0.3 is 31.5 Å². The van der Waals surface area contributed by atoms with E-state index in [1.54, 1.807) is 41.5 Å². The Hall–Kier alpha value is -2.25. The van der Waals surface area contributed by atoms with Gasteiger partial charge in [-0.2, -0.15) is 0 Å². The Morgan fingerprint density at radius 2 is 1.60 bits per heavy atom. The Balaban J connectivity index is 2.88. The van der Waals surface area contributed by atoms with E-state index in [2.05, 4.69) is 4.98 Å². The van der Waals surface area contributed by atoms with Crippen LogP contribution in [0.4, 0.5) is 0 Å². The fraction of sp³-hybridized carbons (Fsp3) is 0.579. The SMILES string of the molecule is CC(C)(C)C(=O)OC(OC(=O)C(C)(C)C)[P+](=O)C/C=C/Cn1cc(Cl)c(=O)[nH]c1=O. The van der Waals surface area contributed by atoms with Gasteiger partial charge in [0, 0.05) is 12.7 Å². The highest BCUT2D eigenvalue weighted by Gasteiger charge is 2.41. The molecule has 1 heterocycles. The summed E-state index contributed by atoms with van der Waals surface area (Å²) in [4.78, 5) is 49.4. The highest BCUT2D eigenvalue weighted by Crippen LogP contribution is 2.34. The zero-order valence-corrected chi connectivity index (χ0v) is 19.5. The van der Waals surface area contributed by atoms with Crippen LogP contribution in [0.1, 0.15) is 41.5 Å². The monoisotopic (exact) mass is 461 g/mol. The van der Waals surface area contributed by atoms with Crippen LogP contribution in [0.5, 0.6) is 0 Å². The van der Waals surface area contributed by atoms with E-state index in [1.807, 2.05) is 0 Å². The first-order chi connectivity index (χ1) is 13.6. The minimum Gasteiger partial charge on any atom is -0.384 e. The van der Waals surface area contributed by atoms with Crippen LogP contribution < -0.4 is 11.2 Å². The zero-order chi connectivity index (χ0) is 23.3. The van der Waals surface area contributed by atoms with Crippen molar-refractivity contribution in [1.82, 2.24) is 9.55 Å². The number of hydrogen-bond donors (Lipinski definition) is 1. The normalized spacial score (nSPS) is 12.9. The Bertz CT molecular complexity index is 923. The number of H-pyrrole nitrogens is 1. The third-order valence-electron chi connectivity index (χ3n) is 3.60.